The van der Waals surface area contributed by atoms with Gasteiger partial charge in [-0.2, -0.15) is 4.31 Å². The van der Waals surface area contributed by atoms with Crippen LogP contribution in [-0.4, -0.2) is 32.8 Å². The highest BCUT2D eigenvalue weighted by atomic mass is 32.2. The summed E-state index contributed by atoms with van der Waals surface area (Å²) in [4.78, 5) is 12.4. The van der Waals surface area contributed by atoms with E-state index in [9.17, 15) is 22.0 Å². The van der Waals surface area contributed by atoms with Crippen molar-refractivity contribution >= 4 is 15.9 Å². The maximum absolute atomic E-state index is 13.8. The molecule has 9 heteroatoms. The third-order valence-corrected chi connectivity index (χ3v) is 6.63. The van der Waals surface area contributed by atoms with Crippen molar-refractivity contribution in [1.29, 1.82) is 0 Å². The van der Waals surface area contributed by atoms with Crippen LogP contribution in [0.25, 0.3) is 0 Å². The monoisotopic (exact) mass is 460 g/mol. The molecule has 0 aliphatic heterocycles. The van der Waals surface area contributed by atoms with Gasteiger partial charge in [0, 0.05) is 31.3 Å². The fourth-order valence-corrected chi connectivity index (χ4v) is 4.41. The maximum Gasteiger partial charge on any atom is 0.251 e. The van der Waals surface area contributed by atoms with Crippen molar-refractivity contribution < 1.29 is 26.7 Å². The van der Waals surface area contributed by atoms with Crippen LogP contribution < -0.4 is 10.1 Å². The Morgan fingerprint density at radius 1 is 1.03 bits per heavy atom. The molecule has 1 amide bonds. The average Bonchev–Trinajstić information content (AvgIpc) is 2.79. The zero-order valence-corrected chi connectivity index (χ0v) is 18.3. The molecule has 0 aromatic heterocycles. The van der Waals surface area contributed by atoms with Gasteiger partial charge in [-0.3, -0.25) is 4.79 Å². The summed E-state index contributed by atoms with van der Waals surface area (Å²) in [6.07, 6.45) is 0. The summed E-state index contributed by atoms with van der Waals surface area (Å²) in [7, 11) is -1.23. The summed E-state index contributed by atoms with van der Waals surface area (Å²) in [6.45, 7) is -0.133. The smallest absolute Gasteiger partial charge is 0.251 e. The Hall–Kier alpha value is -3.30. The maximum atomic E-state index is 13.8. The Morgan fingerprint density at radius 2 is 1.75 bits per heavy atom. The first-order chi connectivity index (χ1) is 15.2. The second-order valence-corrected chi connectivity index (χ2v) is 9.04. The highest BCUT2D eigenvalue weighted by molar-refractivity contribution is 7.89. The Labute approximate surface area is 185 Å². The van der Waals surface area contributed by atoms with Crippen LogP contribution in [0.3, 0.4) is 0 Å². The molecule has 3 aromatic rings. The number of hydrogen-bond acceptors (Lipinski definition) is 4. The average molecular weight is 461 g/mol. The molecule has 3 rings (SSSR count). The first-order valence-electron chi connectivity index (χ1n) is 9.63. The molecule has 0 saturated heterocycles. The minimum atomic E-state index is -4.00. The summed E-state index contributed by atoms with van der Waals surface area (Å²) in [5.74, 6) is -1.85. The molecule has 0 atom stereocenters. The van der Waals surface area contributed by atoms with Crippen LogP contribution in [0.1, 0.15) is 21.5 Å². The van der Waals surface area contributed by atoms with Crippen LogP contribution in [0, 0.1) is 11.6 Å². The van der Waals surface area contributed by atoms with Gasteiger partial charge >= 0.3 is 0 Å². The van der Waals surface area contributed by atoms with Crippen molar-refractivity contribution in [3.63, 3.8) is 0 Å². The predicted molar refractivity (Wildman–Crippen MR) is 116 cm³/mol. The Kier molecular flexibility index (Phi) is 7.22. The number of hydrogen-bond donors (Lipinski definition) is 1. The van der Waals surface area contributed by atoms with Crippen molar-refractivity contribution in [3.05, 3.63) is 95.1 Å². The van der Waals surface area contributed by atoms with Gasteiger partial charge in [0.1, 0.15) is 22.3 Å². The van der Waals surface area contributed by atoms with Crippen molar-refractivity contribution in [3.8, 4) is 5.75 Å². The second kappa shape index (κ2) is 9.88. The molecule has 6 nitrogen and oxygen atoms in total. The van der Waals surface area contributed by atoms with Gasteiger partial charge < -0.3 is 10.1 Å². The van der Waals surface area contributed by atoms with E-state index in [1.165, 1.54) is 32.4 Å². The second-order valence-electron chi connectivity index (χ2n) is 7.03. The van der Waals surface area contributed by atoms with E-state index in [2.05, 4.69) is 5.32 Å². The third kappa shape index (κ3) is 5.30. The van der Waals surface area contributed by atoms with E-state index in [1.807, 2.05) is 18.2 Å². The number of carbonyl (C=O) groups is 1. The molecule has 0 aliphatic carbocycles. The number of rotatable bonds is 8. The lowest BCUT2D eigenvalue weighted by Crippen LogP contribution is -2.28. The van der Waals surface area contributed by atoms with E-state index in [0.29, 0.717) is 0 Å². The summed E-state index contributed by atoms with van der Waals surface area (Å²) < 4.78 is 59.8. The van der Waals surface area contributed by atoms with Gasteiger partial charge in [0.25, 0.3) is 5.91 Å². The van der Waals surface area contributed by atoms with E-state index in [4.69, 9.17) is 4.74 Å². The first-order valence-corrected chi connectivity index (χ1v) is 11.1. The number of sulfonamides is 1. The summed E-state index contributed by atoms with van der Waals surface area (Å²) in [5, 5.41) is 2.47. The fourth-order valence-electron chi connectivity index (χ4n) is 3.07. The van der Waals surface area contributed by atoms with Crippen molar-refractivity contribution in [2.75, 3.05) is 14.2 Å². The zero-order valence-electron chi connectivity index (χ0n) is 17.5. The van der Waals surface area contributed by atoms with Crippen LogP contribution in [0.4, 0.5) is 8.78 Å². The Bertz CT molecular complexity index is 1220. The number of ether oxygens (including phenoxy) is 1. The number of nitrogens with one attached hydrogen (secondary N) is 1. The number of methoxy groups -OCH3 is 1. The lowest BCUT2D eigenvalue weighted by atomic mass is 10.1. The lowest BCUT2D eigenvalue weighted by molar-refractivity contribution is 0.0950. The standard InChI is InChI=1S/C23H22F2N2O4S/c1-27(15-16-6-4-3-5-7-16)32(29,30)22-13-17(8-11-21(22)31-2)23(28)26-14-18-12-19(24)9-10-20(18)25/h3-13H,14-15H2,1-2H3,(H,26,28). The van der Waals surface area contributed by atoms with Crippen LogP contribution >= 0.6 is 0 Å². The Morgan fingerprint density at radius 3 is 2.44 bits per heavy atom. The topological polar surface area (TPSA) is 75.7 Å². The molecule has 0 aliphatic rings. The van der Waals surface area contributed by atoms with Crippen LogP contribution in [0.5, 0.6) is 5.75 Å². The lowest BCUT2D eigenvalue weighted by Gasteiger charge is -2.19. The highest BCUT2D eigenvalue weighted by Crippen LogP contribution is 2.28. The molecule has 0 unspecified atom stereocenters. The van der Waals surface area contributed by atoms with Crippen LogP contribution in [0.2, 0.25) is 0 Å². The molecule has 168 valence electrons. The number of halogens is 2. The molecule has 0 spiro atoms. The van der Waals surface area contributed by atoms with Crippen LogP contribution in [-0.2, 0) is 23.1 Å². The molecule has 0 heterocycles. The van der Waals surface area contributed by atoms with Crippen molar-refractivity contribution in [2.45, 2.75) is 18.0 Å². The van der Waals surface area contributed by atoms with Gasteiger partial charge in [-0.25, -0.2) is 17.2 Å². The minimum absolute atomic E-state index is 0.0256. The molecule has 32 heavy (non-hydrogen) atoms. The van der Waals surface area contributed by atoms with E-state index in [-0.39, 0.29) is 34.9 Å². The predicted octanol–water partition coefficient (Wildman–Crippen LogP) is 3.72. The molecular formula is C23H22F2N2O4S. The number of nitrogens with zero attached hydrogens (tertiary/aromatic N) is 1. The summed E-state index contributed by atoms with van der Waals surface area (Å²) in [5.41, 5.74) is 0.806. The van der Waals surface area contributed by atoms with E-state index < -0.39 is 27.6 Å². The quantitative estimate of drug-likeness (QED) is 0.556. The van der Waals surface area contributed by atoms with E-state index in [1.54, 1.807) is 12.1 Å². The molecule has 0 radical (unpaired) electrons. The SMILES string of the molecule is COc1ccc(C(=O)NCc2cc(F)ccc2F)cc1S(=O)(=O)N(C)Cc1ccccc1. The number of carbonyl (C=O) groups excluding carboxylic acids is 1. The molecule has 0 bridgehead atoms. The molecule has 0 saturated carbocycles. The van der Waals surface area contributed by atoms with Gasteiger partial charge in [0.05, 0.1) is 7.11 Å². The van der Waals surface area contributed by atoms with Crippen molar-refractivity contribution in [2.24, 2.45) is 0 Å². The third-order valence-electron chi connectivity index (χ3n) is 4.81. The van der Waals surface area contributed by atoms with Gasteiger partial charge in [-0.1, -0.05) is 30.3 Å². The van der Waals surface area contributed by atoms with Gasteiger partial charge in [-0.05, 0) is 42.0 Å². The molecule has 3 aromatic carbocycles. The molecule has 0 fully saturated rings. The minimum Gasteiger partial charge on any atom is -0.495 e. The molecule has 1 N–H and O–H groups in total. The van der Waals surface area contributed by atoms with Gasteiger partial charge in [0.15, 0.2) is 0 Å². The van der Waals surface area contributed by atoms with E-state index >= 15 is 0 Å². The zero-order chi connectivity index (χ0) is 23.3. The first kappa shape index (κ1) is 23.4. The summed E-state index contributed by atoms with van der Waals surface area (Å²) >= 11 is 0. The number of benzene rings is 3. The van der Waals surface area contributed by atoms with E-state index in [0.717, 1.165) is 28.1 Å². The van der Waals surface area contributed by atoms with Crippen LogP contribution in [0.15, 0.2) is 71.6 Å². The number of amides is 1. The van der Waals surface area contributed by atoms with Crippen molar-refractivity contribution in [1.82, 2.24) is 9.62 Å². The normalized spacial score (nSPS) is 11.4. The largest absolute Gasteiger partial charge is 0.495 e. The molecular weight excluding hydrogens is 438 g/mol. The van der Waals surface area contributed by atoms with Gasteiger partial charge in [0.2, 0.25) is 10.0 Å². The van der Waals surface area contributed by atoms with Gasteiger partial charge in [-0.15, -0.1) is 0 Å². The highest BCUT2D eigenvalue weighted by Gasteiger charge is 2.26. The Balaban J connectivity index is 1.84. The fraction of sp³-hybridized carbons (Fsp3) is 0.174. The summed E-state index contributed by atoms with van der Waals surface area (Å²) in [6, 6.07) is 16.0.